The lowest BCUT2D eigenvalue weighted by Crippen LogP contribution is -2.11. The second-order valence-corrected chi connectivity index (χ2v) is 3.97. The molecule has 1 aromatic heterocycles. The Bertz CT molecular complexity index is 625. The van der Waals surface area contributed by atoms with Crippen LogP contribution in [0.4, 0.5) is 14.6 Å². The number of halogens is 2. The topological polar surface area (TPSA) is 82.3 Å². The molecule has 0 bridgehead atoms. The standard InChI is InChI=1S/C13H14F2N4O2/c1-2-20-7-12-17-11(19-16)6-13(18-12)21-8-3-4-9(14)10(15)5-8/h3-6H,2,7,16H2,1H3,(H,17,18,19). The molecule has 21 heavy (non-hydrogen) atoms. The van der Waals surface area contributed by atoms with Gasteiger partial charge in [0.15, 0.2) is 17.5 Å². The zero-order chi connectivity index (χ0) is 15.2. The van der Waals surface area contributed by atoms with E-state index >= 15 is 0 Å². The van der Waals surface area contributed by atoms with Crippen molar-refractivity contribution in [2.24, 2.45) is 5.84 Å². The van der Waals surface area contributed by atoms with Gasteiger partial charge in [0.05, 0.1) is 0 Å². The van der Waals surface area contributed by atoms with Crippen molar-refractivity contribution in [3.8, 4) is 11.6 Å². The highest BCUT2D eigenvalue weighted by atomic mass is 19.2. The number of hydrogen-bond acceptors (Lipinski definition) is 6. The fraction of sp³-hybridized carbons (Fsp3) is 0.231. The number of hydrogen-bond donors (Lipinski definition) is 2. The van der Waals surface area contributed by atoms with Gasteiger partial charge in [-0.25, -0.2) is 19.6 Å². The van der Waals surface area contributed by atoms with Gasteiger partial charge in [-0.2, -0.15) is 4.98 Å². The molecule has 0 saturated carbocycles. The van der Waals surface area contributed by atoms with Gasteiger partial charge in [0.1, 0.15) is 18.2 Å². The lowest BCUT2D eigenvalue weighted by Gasteiger charge is -2.09. The molecule has 0 saturated heterocycles. The highest BCUT2D eigenvalue weighted by Crippen LogP contribution is 2.23. The lowest BCUT2D eigenvalue weighted by molar-refractivity contribution is 0.128. The number of nitrogens with zero attached hydrogens (tertiary/aromatic N) is 2. The largest absolute Gasteiger partial charge is 0.439 e. The van der Waals surface area contributed by atoms with Crippen LogP contribution in [-0.2, 0) is 11.3 Å². The fourth-order valence-electron chi connectivity index (χ4n) is 1.52. The molecule has 0 aliphatic rings. The molecule has 0 fully saturated rings. The van der Waals surface area contributed by atoms with E-state index in [9.17, 15) is 8.78 Å². The first kappa shape index (κ1) is 15.1. The van der Waals surface area contributed by atoms with Gasteiger partial charge in [0.25, 0.3) is 0 Å². The van der Waals surface area contributed by atoms with Gasteiger partial charge >= 0.3 is 0 Å². The van der Waals surface area contributed by atoms with Crippen LogP contribution in [-0.4, -0.2) is 16.6 Å². The van der Waals surface area contributed by atoms with E-state index in [-0.39, 0.29) is 18.2 Å². The third-order valence-corrected chi connectivity index (χ3v) is 2.45. The molecule has 1 aromatic carbocycles. The SMILES string of the molecule is CCOCc1nc(NN)cc(Oc2ccc(F)c(F)c2)n1. The zero-order valence-corrected chi connectivity index (χ0v) is 11.3. The van der Waals surface area contributed by atoms with Crippen LogP contribution in [0.2, 0.25) is 0 Å². The molecule has 0 atom stereocenters. The molecule has 112 valence electrons. The molecule has 6 nitrogen and oxygen atoms in total. The van der Waals surface area contributed by atoms with Gasteiger partial charge in [-0.15, -0.1) is 0 Å². The Morgan fingerprint density at radius 3 is 2.67 bits per heavy atom. The molecule has 0 unspecified atom stereocenters. The fourth-order valence-corrected chi connectivity index (χ4v) is 1.52. The highest BCUT2D eigenvalue weighted by Gasteiger charge is 2.08. The average molecular weight is 296 g/mol. The molecular weight excluding hydrogens is 282 g/mol. The highest BCUT2D eigenvalue weighted by molar-refractivity contribution is 5.39. The number of hydrazine groups is 1. The van der Waals surface area contributed by atoms with Crippen molar-refractivity contribution in [3.05, 3.63) is 41.7 Å². The van der Waals surface area contributed by atoms with Crippen LogP contribution in [0.25, 0.3) is 0 Å². The van der Waals surface area contributed by atoms with E-state index in [1.54, 1.807) is 0 Å². The van der Waals surface area contributed by atoms with Crippen molar-refractivity contribution in [1.82, 2.24) is 9.97 Å². The minimum Gasteiger partial charge on any atom is -0.439 e. The second-order valence-electron chi connectivity index (χ2n) is 3.97. The molecule has 8 heteroatoms. The molecule has 0 spiro atoms. The van der Waals surface area contributed by atoms with Crippen molar-refractivity contribution >= 4 is 5.82 Å². The number of aromatic nitrogens is 2. The predicted molar refractivity (Wildman–Crippen MR) is 71.6 cm³/mol. The lowest BCUT2D eigenvalue weighted by atomic mass is 10.3. The van der Waals surface area contributed by atoms with Gasteiger partial charge in [-0.1, -0.05) is 0 Å². The van der Waals surface area contributed by atoms with E-state index in [0.717, 1.165) is 12.1 Å². The van der Waals surface area contributed by atoms with Crippen LogP contribution in [0, 0.1) is 11.6 Å². The van der Waals surface area contributed by atoms with Gasteiger partial charge in [-0.3, -0.25) is 0 Å². The van der Waals surface area contributed by atoms with Crippen molar-refractivity contribution in [1.29, 1.82) is 0 Å². The molecule has 0 aliphatic carbocycles. The predicted octanol–water partition coefficient (Wildman–Crippen LogP) is 2.37. The smallest absolute Gasteiger partial charge is 0.224 e. The van der Waals surface area contributed by atoms with Crippen molar-refractivity contribution in [3.63, 3.8) is 0 Å². The number of nitrogen functional groups attached to an aromatic ring is 1. The summed E-state index contributed by atoms with van der Waals surface area (Å²) in [6.45, 7) is 2.52. The maximum atomic E-state index is 13.1. The second kappa shape index (κ2) is 6.91. The van der Waals surface area contributed by atoms with E-state index in [4.69, 9.17) is 15.3 Å². The number of nitrogens with one attached hydrogen (secondary N) is 1. The maximum Gasteiger partial charge on any atom is 0.224 e. The molecule has 0 amide bonds. The van der Waals surface area contributed by atoms with E-state index in [1.807, 2.05) is 6.92 Å². The van der Waals surface area contributed by atoms with E-state index in [2.05, 4.69) is 15.4 Å². The Balaban J connectivity index is 2.23. The van der Waals surface area contributed by atoms with Gasteiger partial charge in [0.2, 0.25) is 5.88 Å². The summed E-state index contributed by atoms with van der Waals surface area (Å²) < 4.78 is 36.6. The normalized spacial score (nSPS) is 10.5. The first-order valence-corrected chi connectivity index (χ1v) is 6.17. The molecule has 1 heterocycles. The number of anilines is 1. The van der Waals surface area contributed by atoms with Crippen LogP contribution >= 0.6 is 0 Å². The molecular formula is C13H14F2N4O2. The van der Waals surface area contributed by atoms with Crippen LogP contribution in [0.5, 0.6) is 11.6 Å². The number of benzene rings is 1. The average Bonchev–Trinajstić information content (AvgIpc) is 2.48. The Kier molecular flexibility index (Phi) is 4.96. The van der Waals surface area contributed by atoms with Crippen LogP contribution < -0.4 is 16.0 Å². The molecule has 2 aromatic rings. The zero-order valence-electron chi connectivity index (χ0n) is 11.3. The summed E-state index contributed by atoms with van der Waals surface area (Å²) in [5.74, 6) is 4.26. The summed E-state index contributed by atoms with van der Waals surface area (Å²) >= 11 is 0. The number of ether oxygens (including phenoxy) is 2. The Labute approximate surface area is 119 Å². The minimum atomic E-state index is -1.01. The van der Waals surface area contributed by atoms with Gasteiger partial charge < -0.3 is 14.9 Å². The summed E-state index contributed by atoms with van der Waals surface area (Å²) in [6.07, 6.45) is 0. The summed E-state index contributed by atoms with van der Waals surface area (Å²) in [5, 5.41) is 0. The van der Waals surface area contributed by atoms with Crippen molar-refractivity contribution < 1.29 is 18.3 Å². The van der Waals surface area contributed by atoms with E-state index in [0.29, 0.717) is 18.2 Å². The van der Waals surface area contributed by atoms with Crippen LogP contribution in [0.1, 0.15) is 12.7 Å². The maximum absolute atomic E-state index is 13.1. The monoisotopic (exact) mass is 296 g/mol. The Morgan fingerprint density at radius 1 is 1.19 bits per heavy atom. The molecule has 0 radical (unpaired) electrons. The van der Waals surface area contributed by atoms with Crippen LogP contribution in [0.15, 0.2) is 24.3 Å². The molecule has 3 N–H and O–H groups in total. The number of nitrogens with two attached hydrogens (primary N) is 1. The summed E-state index contributed by atoms with van der Waals surface area (Å²) in [7, 11) is 0. The summed E-state index contributed by atoms with van der Waals surface area (Å²) in [6, 6.07) is 4.61. The first-order valence-electron chi connectivity index (χ1n) is 6.17. The van der Waals surface area contributed by atoms with Crippen molar-refractivity contribution in [2.75, 3.05) is 12.0 Å². The Morgan fingerprint density at radius 2 is 2.00 bits per heavy atom. The summed E-state index contributed by atoms with van der Waals surface area (Å²) in [5.41, 5.74) is 2.37. The van der Waals surface area contributed by atoms with Gasteiger partial charge in [-0.05, 0) is 19.1 Å². The number of rotatable bonds is 6. The van der Waals surface area contributed by atoms with E-state index in [1.165, 1.54) is 12.1 Å². The third-order valence-electron chi connectivity index (χ3n) is 2.45. The van der Waals surface area contributed by atoms with Gasteiger partial charge in [0, 0.05) is 18.7 Å². The van der Waals surface area contributed by atoms with Crippen molar-refractivity contribution in [2.45, 2.75) is 13.5 Å². The Hall–Kier alpha value is -2.32. The molecule has 2 rings (SSSR count). The first-order chi connectivity index (χ1) is 10.1. The third kappa shape index (κ3) is 4.07. The summed E-state index contributed by atoms with van der Waals surface area (Å²) in [4.78, 5) is 8.17. The minimum absolute atomic E-state index is 0.109. The quantitative estimate of drug-likeness (QED) is 0.629. The van der Waals surface area contributed by atoms with E-state index < -0.39 is 11.6 Å². The molecule has 0 aliphatic heterocycles. The van der Waals surface area contributed by atoms with Crippen LogP contribution in [0.3, 0.4) is 0 Å².